The van der Waals surface area contributed by atoms with Crippen molar-refractivity contribution in [1.82, 2.24) is 9.97 Å². The summed E-state index contributed by atoms with van der Waals surface area (Å²) in [5.41, 5.74) is 0.307. The van der Waals surface area contributed by atoms with Gasteiger partial charge in [0.1, 0.15) is 5.82 Å². The van der Waals surface area contributed by atoms with Crippen LogP contribution < -0.4 is 5.32 Å². The molecule has 0 bridgehead atoms. The standard InChI is InChI=1S/C11H10BrN3O2S/c1-2-17-10(16)8-6-18-11(14-8)15-9-4-3-7(12)5-13-9/h3-6H,2H2,1H3,(H,13,14,15). The number of hydrogen-bond donors (Lipinski definition) is 1. The van der Waals surface area contributed by atoms with Crippen LogP contribution >= 0.6 is 27.3 Å². The Labute approximate surface area is 116 Å². The van der Waals surface area contributed by atoms with Crippen LogP contribution in [-0.4, -0.2) is 22.5 Å². The van der Waals surface area contributed by atoms with Crippen molar-refractivity contribution in [2.45, 2.75) is 6.92 Å². The zero-order valence-corrected chi connectivity index (χ0v) is 11.9. The number of halogens is 1. The number of hydrogen-bond acceptors (Lipinski definition) is 6. The minimum absolute atomic E-state index is 0.307. The molecule has 0 aliphatic heterocycles. The lowest BCUT2D eigenvalue weighted by Gasteiger charge is -2.00. The van der Waals surface area contributed by atoms with Crippen LogP contribution in [0.4, 0.5) is 10.9 Å². The minimum Gasteiger partial charge on any atom is -0.461 e. The van der Waals surface area contributed by atoms with Gasteiger partial charge in [-0.1, -0.05) is 0 Å². The third-order valence-corrected chi connectivity index (χ3v) is 3.18. The predicted octanol–water partition coefficient (Wildman–Crippen LogP) is 3.22. The lowest BCUT2D eigenvalue weighted by Crippen LogP contribution is -2.05. The zero-order chi connectivity index (χ0) is 13.0. The zero-order valence-electron chi connectivity index (χ0n) is 9.51. The highest BCUT2D eigenvalue weighted by Gasteiger charge is 2.11. The van der Waals surface area contributed by atoms with Crippen molar-refractivity contribution in [3.8, 4) is 0 Å². The van der Waals surface area contributed by atoms with E-state index in [-0.39, 0.29) is 0 Å². The van der Waals surface area contributed by atoms with E-state index in [9.17, 15) is 4.79 Å². The molecule has 94 valence electrons. The van der Waals surface area contributed by atoms with E-state index in [1.165, 1.54) is 11.3 Å². The second kappa shape index (κ2) is 5.92. The third kappa shape index (κ3) is 3.27. The number of ether oxygens (including phenoxy) is 1. The number of nitrogens with one attached hydrogen (secondary N) is 1. The van der Waals surface area contributed by atoms with Gasteiger partial charge in [0.25, 0.3) is 0 Å². The molecule has 0 amide bonds. The Morgan fingerprint density at radius 2 is 2.39 bits per heavy atom. The molecule has 2 rings (SSSR count). The molecule has 0 atom stereocenters. The Kier molecular flexibility index (Phi) is 4.27. The van der Waals surface area contributed by atoms with Crippen molar-refractivity contribution in [3.05, 3.63) is 33.9 Å². The van der Waals surface area contributed by atoms with E-state index in [2.05, 4.69) is 31.2 Å². The van der Waals surface area contributed by atoms with Crippen LogP contribution in [0.15, 0.2) is 28.2 Å². The Morgan fingerprint density at radius 1 is 1.56 bits per heavy atom. The Hall–Kier alpha value is -1.47. The first-order chi connectivity index (χ1) is 8.69. The number of nitrogens with zero attached hydrogens (tertiary/aromatic N) is 2. The maximum absolute atomic E-state index is 11.4. The fourth-order valence-corrected chi connectivity index (χ4v) is 2.11. The van der Waals surface area contributed by atoms with E-state index < -0.39 is 5.97 Å². The number of aromatic nitrogens is 2. The van der Waals surface area contributed by atoms with Crippen LogP contribution in [-0.2, 0) is 4.74 Å². The molecule has 0 unspecified atom stereocenters. The Bertz CT molecular complexity index is 541. The molecule has 0 fully saturated rings. The summed E-state index contributed by atoms with van der Waals surface area (Å²) in [4.78, 5) is 19.7. The second-order valence-corrected chi connectivity index (χ2v) is 5.02. The van der Waals surface area contributed by atoms with Gasteiger partial charge in [0, 0.05) is 16.0 Å². The summed E-state index contributed by atoms with van der Waals surface area (Å²) < 4.78 is 5.77. The first-order valence-corrected chi connectivity index (χ1v) is 6.87. The van der Waals surface area contributed by atoms with Gasteiger partial charge < -0.3 is 10.1 Å². The van der Waals surface area contributed by atoms with Gasteiger partial charge in [0.2, 0.25) is 0 Å². The molecule has 0 radical (unpaired) electrons. The Balaban J connectivity index is 2.06. The molecule has 2 aromatic rings. The molecular weight excluding hydrogens is 318 g/mol. The molecular formula is C11H10BrN3O2S. The fraction of sp³-hybridized carbons (Fsp3) is 0.182. The van der Waals surface area contributed by atoms with Gasteiger partial charge in [-0.25, -0.2) is 14.8 Å². The normalized spacial score (nSPS) is 10.1. The van der Waals surface area contributed by atoms with Crippen molar-refractivity contribution in [3.63, 3.8) is 0 Å². The van der Waals surface area contributed by atoms with Gasteiger partial charge in [0.05, 0.1) is 6.61 Å². The van der Waals surface area contributed by atoms with E-state index in [1.807, 2.05) is 12.1 Å². The van der Waals surface area contributed by atoms with Gasteiger partial charge in [-0.05, 0) is 35.0 Å². The average molecular weight is 328 g/mol. The van der Waals surface area contributed by atoms with Gasteiger partial charge >= 0.3 is 5.97 Å². The quantitative estimate of drug-likeness (QED) is 0.873. The van der Waals surface area contributed by atoms with Crippen LogP contribution in [0.5, 0.6) is 0 Å². The average Bonchev–Trinajstić information content (AvgIpc) is 2.81. The maximum atomic E-state index is 11.4. The minimum atomic E-state index is -0.412. The van der Waals surface area contributed by atoms with Crippen LogP contribution in [0.25, 0.3) is 0 Å². The third-order valence-electron chi connectivity index (χ3n) is 1.95. The predicted molar refractivity (Wildman–Crippen MR) is 73.3 cm³/mol. The molecule has 5 nitrogen and oxygen atoms in total. The lowest BCUT2D eigenvalue weighted by atomic mass is 10.5. The van der Waals surface area contributed by atoms with Gasteiger partial charge in [-0.2, -0.15) is 0 Å². The number of thiazole rings is 1. The first kappa shape index (κ1) is 13.0. The topological polar surface area (TPSA) is 64.1 Å². The van der Waals surface area contributed by atoms with Crippen molar-refractivity contribution < 1.29 is 9.53 Å². The SMILES string of the molecule is CCOC(=O)c1csc(Nc2ccc(Br)cn2)n1. The fourth-order valence-electron chi connectivity index (χ4n) is 1.19. The number of carbonyl (C=O) groups is 1. The molecule has 2 aromatic heterocycles. The molecule has 0 spiro atoms. The number of carbonyl (C=O) groups excluding carboxylic acids is 1. The highest BCUT2D eigenvalue weighted by atomic mass is 79.9. The van der Waals surface area contributed by atoms with E-state index in [0.29, 0.717) is 23.3 Å². The molecule has 0 aliphatic rings. The second-order valence-electron chi connectivity index (χ2n) is 3.25. The Morgan fingerprint density at radius 3 is 3.06 bits per heavy atom. The molecule has 2 heterocycles. The molecule has 18 heavy (non-hydrogen) atoms. The summed E-state index contributed by atoms with van der Waals surface area (Å²) in [6.07, 6.45) is 1.68. The van der Waals surface area contributed by atoms with Crippen molar-refractivity contribution in [2.24, 2.45) is 0 Å². The summed E-state index contributed by atoms with van der Waals surface area (Å²) in [5, 5.41) is 5.27. The highest BCUT2D eigenvalue weighted by molar-refractivity contribution is 9.10. The summed E-state index contributed by atoms with van der Waals surface area (Å²) >= 11 is 4.63. The van der Waals surface area contributed by atoms with Gasteiger partial charge in [0.15, 0.2) is 10.8 Å². The monoisotopic (exact) mass is 327 g/mol. The van der Waals surface area contributed by atoms with Crippen molar-refractivity contribution >= 4 is 44.2 Å². The molecule has 0 saturated carbocycles. The lowest BCUT2D eigenvalue weighted by molar-refractivity contribution is 0.0520. The first-order valence-electron chi connectivity index (χ1n) is 5.20. The van der Waals surface area contributed by atoms with E-state index in [1.54, 1.807) is 18.5 Å². The molecule has 1 N–H and O–H groups in total. The van der Waals surface area contributed by atoms with Crippen LogP contribution in [0.3, 0.4) is 0 Å². The molecule has 0 aromatic carbocycles. The van der Waals surface area contributed by atoms with Gasteiger partial charge in [-0.3, -0.25) is 0 Å². The largest absolute Gasteiger partial charge is 0.461 e. The highest BCUT2D eigenvalue weighted by Crippen LogP contribution is 2.20. The number of anilines is 2. The number of rotatable bonds is 4. The van der Waals surface area contributed by atoms with E-state index in [0.717, 1.165) is 4.47 Å². The maximum Gasteiger partial charge on any atom is 0.357 e. The molecule has 0 aliphatic carbocycles. The number of esters is 1. The van der Waals surface area contributed by atoms with Crippen LogP contribution in [0.2, 0.25) is 0 Å². The van der Waals surface area contributed by atoms with E-state index in [4.69, 9.17) is 4.74 Å². The summed E-state index contributed by atoms with van der Waals surface area (Å²) in [6, 6.07) is 3.69. The summed E-state index contributed by atoms with van der Waals surface area (Å²) in [6.45, 7) is 2.10. The smallest absolute Gasteiger partial charge is 0.357 e. The van der Waals surface area contributed by atoms with E-state index >= 15 is 0 Å². The molecule has 7 heteroatoms. The van der Waals surface area contributed by atoms with Crippen LogP contribution in [0, 0.1) is 0 Å². The number of pyridine rings is 1. The summed E-state index contributed by atoms with van der Waals surface area (Å²) in [7, 11) is 0. The van der Waals surface area contributed by atoms with Crippen LogP contribution in [0.1, 0.15) is 17.4 Å². The molecule has 0 saturated heterocycles. The van der Waals surface area contributed by atoms with Crippen molar-refractivity contribution in [2.75, 3.05) is 11.9 Å². The van der Waals surface area contributed by atoms with Crippen molar-refractivity contribution in [1.29, 1.82) is 0 Å². The van der Waals surface area contributed by atoms with Gasteiger partial charge in [-0.15, -0.1) is 11.3 Å². The summed E-state index contributed by atoms with van der Waals surface area (Å²) in [5.74, 6) is 0.258.